The molecule has 0 fully saturated rings. The number of ether oxygens (including phenoxy) is 1. The number of benzene rings is 1. The van der Waals surface area contributed by atoms with E-state index in [1.807, 2.05) is 37.4 Å². The van der Waals surface area contributed by atoms with E-state index in [0.29, 0.717) is 12.5 Å². The first-order chi connectivity index (χ1) is 8.35. The minimum Gasteiger partial charge on any atom is -0.460 e. The smallest absolute Gasteiger partial charge is 0.334 e. The molecule has 0 unspecified atom stereocenters. The number of nitrogens with zero attached hydrogens (tertiary/aromatic N) is 2. The van der Waals surface area contributed by atoms with Gasteiger partial charge in [0.15, 0.2) is 0 Å². The second-order valence-corrected chi connectivity index (χ2v) is 3.67. The van der Waals surface area contributed by atoms with Crippen molar-refractivity contribution in [2.75, 3.05) is 6.61 Å². The van der Waals surface area contributed by atoms with Gasteiger partial charge in [-0.1, -0.05) is 18.2 Å². The third-order valence-electron chi connectivity index (χ3n) is 2.55. The maximum atomic E-state index is 5.44. The van der Waals surface area contributed by atoms with Crippen LogP contribution >= 0.6 is 0 Å². The molecule has 88 valence electrons. The van der Waals surface area contributed by atoms with E-state index in [1.165, 1.54) is 0 Å². The molecular formula is C14H17N2O+. The van der Waals surface area contributed by atoms with Crippen LogP contribution in [-0.2, 0) is 6.54 Å². The lowest BCUT2D eigenvalue weighted by molar-refractivity contribution is -0.685. The van der Waals surface area contributed by atoms with Gasteiger partial charge in [-0.05, 0) is 31.0 Å². The minimum absolute atomic E-state index is 0.636. The summed E-state index contributed by atoms with van der Waals surface area (Å²) < 4.78 is 7.55. The molecule has 2 aromatic rings. The Kier molecular flexibility index (Phi) is 3.70. The van der Waals surface area contributed by atoms with Crippen LogP contribution < -0.4 is 9.30 Å². The van der Waals surface area contributed by atoms with E-state index < -0.39 is 0 Å². The van der Waals surface area contributed by atoms with Gasteiger partial charge >= 0.3 is 11.7 Å². The summed E-state index contributed by atoms with van der Waals surface area (Å²) in [5.74, 6) is 1.62. The second kappa shape index (κ2) is 5.43. The van der Waals surface area contributed by atoms with E-state index in [9.17, 15) is 0 Å². The molecule has 1 heterocycles. The predicted octanol–water partition coefficient (Wildman–Crippen LogP) is 2.45. The van der Waals surface area contributed by atoms with Gasteiger partial charge < -0.3 is 4.74 Å². The minimum atomic E-state index is 0.636. The highest BCUT2D eigenvalue weighted by Gasteiger charge is 2.16. The van der Waals surface area contributed by atoms with Crippen LogP contribution in [-0.4, -0.2) is 11.6 Å². The summed E-state index contributed by atoms with van der Waals surface area (Å²) >= 11 is 0. The summed E-state index contributed by atoms with van der Waals surface area (Å²) in [6.07, 6.45) is 2.01. The molecule has 0 amide bonds. The molecule has 0 saturated carbocycles. The lowest BCUT2D eigenvalue weighted by Crippen LogP contribution is -2.35. The molecule has 2 rings (SSSR count). The SMILES string of the molecule is CCOc1cc[n+](CC)c(-c2ccccc2)n1. The van der Waals surface area contributed by atoms with E-state index in [2.05, 4.69) is 28.6 Å². The summed E-state index contributed by atoms with van der Waals surface area (Å²) in [6, 6.07) is 12.1. The van der Waals surface area contributed by atoms with Crippen LogP contribution in [0, 0.1) is 0 Å². The van der Waals surface area contributed by atoms with Gasteiger partial charge in [-0.2, -0.15) is 0 Å². The highest BCUT2D eigenvalue weighted by atomic mass is 16.5. The van der Waals surface area contributed by atoms with Crippen molar-refractivity contribution in [3.63, 3.8) is 0 Å². The summed E-state index contributed by atoms with van der Waals surface area (Å²) in [7, 11) is 0. The number of hydrogen-bond donors (Lipinski definition) is 0. The maximum Gasteiger partial charge on any atom is 0.334 e. The fraction of sp³-hybridized carbons (Fsp3) is 0.286. The van der Waals surface area contributed by atoms with Gasteiger partial charge in [-0.25, -0.2) is 4.57 Å². The molecule has 0 spiro atoms. The standard InChI is InChI=1S/C14H17N2O/c1-3-16-11-10-13(17-4-2)15-14(16)12-8-6-5-7-9-12/h5-11H,3-4H2,1-2H3/q+1. The largest absolute Gasteiger partial charge is 0.460 e. The first kappa shape index (κ1) is 11.6. The van der Waals surface area contributed by atoms with Crippen molar-refractivity contribution >= 4 is 0 Å². The Morgan fingerprint density at radius 1 is 1.12 bits per heavy atom. The zero-order valence-corrected chi connectivity index (χ0v) is 10.3. The summed E-state index contributed by atoms with van der Waals surface area (Å²) in [5.41, 5.74) is 1.11. The van der Waals surface area contributed by atoms with Gasteiger partial charge in [-0.3, -0.25) is 0 Å². The lowest BCUT2D eigenvalue weighted by Gasteiger charge is -2.03. The van der Waals surface area contributed by atoms with Gasteiger partial charge in [0, 0.05) is 0 Å². The highest BCUT2D eigenvalue weighted by molar-refractivity contribution is 5.51. The van der Waals surface area contributed by atoms with Crippen molar-refractivity contribution < 1.29 is 9.30 Å². The van der Waals surface area contributed by atoms with Crippen LogP contribution in [0.25, 0.3) is 11.4 Å². The molecular weight excluding hydrogens is 212 g/mol. The maximum absolute atomic E-state index is 5.44. The fourth-order valence-corrected chi connectivity index (χ4v) is 1.73. The Morgan fingerprint density at radius 3 is 2.53 bits per heavy atom. The Balaban J connectivity index is 2.46. The average Bonchev–Trinajstić information content (AvgIpc) is 2.40. The van der Waals surface area contributed by atoms with Crippen LogP contribution in [0.1, 0.15) is 13.8 Å². The summed E-state index contributed by atoms with van der Waals surface area (Å²) in [5, 5.41) is 0. The van der Waals surface area contributed by atoms with Crippen LogP contribution in [0.5, 0.6) is 5.88 Å². The number of aromatic nitrogens is 2. The van der Waals surface area contributed by atoms with Gasteiger partial charge in [0.25, 0.3) is 0 Å². The van der Waals surface area contributed by atoms with E-state index in [4.69, 9.17) is 4.74 Å². The molecule has 3 nitrogen and oxygen atoms in total. The van der Waals surface area contributed by atoms with Crippen molar-refractivity contribution in [2.24, 2.45) is 0 Å². The second-order valence-electron chi connectivity index (χ2n) is 3.67. The molecule has 1 aromatic carbocycles. The van der Waals surface area contributed by atoms with E-state index >= 15 is 0 Å². The molecule has 1 aromatic heterocycles. The zero-order chi connectivity index (χ0) is 12.1. The Hall–Kier alpha value is -1.90. The van der Waals surface area contributed by atoms with Crippen molar-refractivity contribution in [2.45, 2.75) is 20.4 Å². The third kappa shape index (κ3) is 2.61. The number of aryl methyl sites for hydroxylation is 1. The van der Waals surface area contributed by atoms with Crippen LogP contribution in [0.4, 0.5) is 0 Å². The third-order valence-corrected chi connectivity index (χ3v) is 2.55. The summed E-state index contributed by atoms with van der Waals surface area (Å²) in [4.78, 5) is 4.54. The van der Waals surface area contributed by atoms with Crippen molar-refractivity contribution in [3.8, 4) is 17.3 Å². The quantitative estimate of drug-likeness (QED) is 0.753. The average molecular weight is 229 g/mol. The fourth-order valence-electron chi connectivity index (χ4n) is 1.73. The molecule has 0 bridgehead atoms. The highest BCUT2D eigenvalue weighted by Crippen LogP contribution is 2.15. The number of rotatable bonds is 4. The zero-order valence-electron chi connectivity index (χ0n) is 10.3. The van der Waals surface area contributed by atoms with Crippen molar-refractivity contribution in [3.05, 3.63) is 42.6 Å². The van der Waals surface area contributed by atoms with E-state index in [1.54, 1.807) is 0 Å². The van der Waals surface area contributed by atoms with Gasteiger partial charge in [0.05, 0.1) is 31.0 Å². The van der Waals surface area contributed by atoms with Crippen LogP contribution in [0.15, 0.2) is 42.6 Å². The van der Waals surface area contributed by atoms with E-state index in [0.717, 1.165) is 17.9 Å². The molecule has 17 heavy (non-hydrogen) atoms. The number of hydrogen-bond acceptors (Lipinski definition) is 2. The monoisotopic (exact) mass is 229 g/mol. The first-order valence-electron chi connectivity index (χ1n) is 5.93. The first-order valence-corrected chi connectivity index (χ1v) is 5.93. The molecule has 0 saturated heterocycles. The molecule has 0 aliphatic carbocycles. The normalized spacial score (nSPS) is 10.2. The van der Waals surface area contributed by atoms with Crippen molar-refractivity contribution in [1.82, 2.24) is 4.98 Å². The Labute approximate surface area is 102 Å². The molecule has 0 N–H and O–H groups in total. The van der Waals surface area contributed by atoms with E-state index in [-0.39, 0.29) is 0 Å². The molecule has 3 heteroatoms. The van der Waals surface area contributed by atoms with Crippen molar-refractivity contribution in [1.29, 1.82) is 0 Å². The van der Waals surface area contributed by atoms with Gasteiger partial charge in [-0.15, -0.1) is 0 Å². The molecule has 0 aliphatic rings. The molecule has 0 atom stereocenters. The molecule has 0 aliphatic heterocycles. The van der Waals surface area contributed by atoms with Gasteiger partial charge in [0.1, 0.15) is 0 Å². The predicted molar refractivity (Wildman–Crippen MR) is 66.7 cm³/mol. The summed E-state index contributed by atoms with van der Waals surface area (Å²) in [6.45, 7) is 5.60. The molecule has 0 radical (unpaired) electrons. The Bertz CT molecular complexity index is 483. The van der Waals surface area contributed by atoms with Crippen LogP contribution in [0.3, 0.4) is 0 Å². The Morgan fingerprint density at radius 2 is 1.88 bits per heavy atom. The lowest BCUT2D eigenvalue weighted by atomic mass is 10.2. The van der Waals surface area contributed by atoms with Gasteiger partial charge in [0.2, 0.25) is 0 Å². The van der Waals surface area contributed by atoms with Crippen LogP contribution in [0.2, 0.25) is 0 Å². The topological polar surface area (TPSA) is 26.0 Å².